The van der Waals surface area contributed by atoms with Crippen LogP contribution in [0.4, 0.5) is 5.69 Å². The second-order valence-electron chi connectivity index (χ2n) is 7.96. The van der Waals surface area contributed by atoms with E-state index in [-0.39, 0.29) is 17.7 Å². The van der Waals surface area contributed by atoms with E-state index >= 15 is 0 Å². The zero-order valence-corrected chi connectivity index (χ0v) is 17.9. The van der Waals surface area contributed by atoms with E-state index in [1.807, 2.05) is 30.0 Å². The van der Waals surface area contributed by atoms with E-state index in [9.17, 15) is 9.59 Å². The molecule has 2 heterocycles. The third-order valence-electron chi connectivity index (χ3n) is 5.74. The Morgan fingerprint density at radius 1 is 1.19 bits per heavy atom. The van der Waals surface area contributed by atoms with Crippen LogP contribution < -0.4 is 10.5 Å². The zero-order chi connectivity index (χ0) is 22.0. The quantitative estimate of drug-likeness (QED) is 0.748. The Balaban J connectivity index is 1.64. The predicted octanol–water partition coefficient (Wildman–Crippen LogP) is 2.50. The molecule has 1 aromatic carbocycles. The molecule has 1 saturated heterocycles. The molecule has 162 valence electrons. The van der Waals surface area contributed by atoms with Gasteiger partial charge in [0.15, 0.2) is 0 Å². The maximum Gasteiger partial charge on any atom is 0.257 e. The van der Waals surface area contributed by atoms with Crippen molar-refractivity contribution in [1.82, 2.24) is 14.8 Å². The number of ether oxygens (including phenoxy) is 1. The molecule has 2 N–H and O–H groups in total. The summed E-state index contributed by atoms with van der Waals surface area (Å²) in [5, 5.41) is 0.730. The van der Waals surface area contributed by atoms with Gasteiger partial charge in [-0.1, -0.05) is 0 Å². The Kier molecular flexibility index (Phi) is 5.88. The second kappa shape index (κ2) is 8.75. The van der Waals surface area contributed by atoms with Gasteiger partial charge in [0.1, 0.15) is 5.75 Å². The number of hydrogen-bond donors (Lipinski definition) is 1. The molecule has 0 bridgehead atoms. The van der Waals surface area contributed by atoms with Gasteiger partial charge in [0.25, 0.3) is 5.91 Å². The number of nitrogens with two attached hydrogens (primary N) is 1. The lowest BCUT2D eigenvalue weighted by molar-refractivity contribution is -0.134. The lowest BCUT2D eigenvalue weighted by Gasteiger charge is -2.35. The number of benzene rings is 1. The highest BCUT2D eigenvalue weighted by atomic mass is 16.5. The van der Waals surface area contributed by atoms with E-state index in [2.05, 4.69) is 9.98 Å². The third kappa shape index (κ3) is 4.38. The molecule has 2 aliphatic rings. The monoisotopic (exact) mass is 421 g/mol. The number of carbonyl (C=O) groups is 2. The van der Waals surface area contributed by atoms with Crippen molar-refractivity contribution in [2.75, 3.05) is 33.3 Å². The molecule has 8 nitrogen and oxygen atoms in total. The number of nitrogens with zero attached hydrogens (tertiary/aromatic N) is 4. The van der Waals surface area contributed by atoms with Crippen LogP contribution in [0.25, 0.3) is 10.9 Å². The molecule has 0 radical (unpaired) electrons. The van der Waals surface area contributed by atoms with Gasteiger partial charge in [0.2, 0.25) is 5.91 Å². The molecular weight excluding hydrogens is 394 g/mol. The fourth-order valence-corrected chi connectivity index (χ4v) is 3.68. The molecule has 2 aromatic rings. The number of methoxy groups -OCH3 is 1. The summed E-state index contributed by atoms with van der Waals surface area (Å²) in [6.45, 7) is 3.95. The Bertz CT molecular complexity index is 1070. The van der Waals surface area contributed by atoms with Crippen LogP contribution in [0.2, 0.25) is 0 Å². The van der Waals surface area contributed by atoms with Crippen molar-refractivity contribution < 1.29 is 14.3 Å². The van der Waals surface area contributed by atoms with E-state index in [1.165, 1.54) is 6.20 Å². The standard InChI is InChI=1S/C23H27N5O3/c1-15(12-24)13-26-21-18-11-17(31-2)5-6-20(18)25-14-19(21)23(30)28-9-7-27(8-10-28)22(29)16-3-4-16/h5-6,11-14,16H,3-4,7-10,24H2,1-2H3. The molecule has 0 spiro atoms. The summed E-state index contributed by atoms with van der Waals surface area (Å²) < 4.78 is 5.36. The largest absolute Gasteiger partial charge is 0.497 e. The molecule has 1 aliphatic carbocycles. The van der Waals surface area contributed by atoms with E-state index in [1.54, 1.807) is 24.4 Å². The zero-order valence-electron chi connectivity index (χ0n) is 17.9. The van der Waals surface area contributed by atoms with Crippen LogP contribution in [0.15, 0.2) is 41.2 Å². The van der Waals surface area contributed by atoms with Crippen molar-refractivity contribution in [2.45, 2.75) is 19.8 Å². The lowest BCUT2D eigenvalue weighted by atomic mass is 10.1. The van der Waals surface area contributed by atoms with Crippen LogP contribution in [-0.4, -0.2) is 66.1 Å². The van der Waals surface area contributed by atoms with E-state index in [4.69, 9.17) is 10.5 Å². The summed E-state index contributed by atoms with van der Waals surface area (Å²) in [6.07, 6.45) is 6.65. The first-order valence-corrected chi connectivity index (χ1v) is 10.5. The number of amides is 2. The molecule has 1 saturated carbocycles. The summed E-state index contributed by atoms with van der Waals surface area (Å²) in [5.74, 6) is 0.938. The minimum atomic E-state index is -0.141. The van der Waals surface area contributed by atoms with Crippen LogP contribution in [0.3, 0.4) is 0 Å². The number of pyridine rings is 1. The highest BCUT2D eigenvalue weighted by molar-refractivity contribution is 6.07. The number of aliphatic imine (C=N–C) groups is 1. The average molecular weight is 422 g/mol. The Morgan fingerprint density at radius 3 is 2.55 bits per heavy atom. The van der Waals surface area contributed by atoms with Crippen LogP contribution >= 0.6 is 0 Å². The molecule has 2 fully saturated rings. The molecule has 8 heteroatoms. The topological polar surface area (TPSA) is 101 Å². The molecule has 1 aromatic heterocycles. The van der Waals surface area contributed by atoms with Gasteiger partial charge in [0.05, 0.1) is 23.9 Å². The summed E-state index contributed by atoms with van der Waals surface area (Å²) >= 11 is 0. The number of allylic oxidation sites excluding steroid dienone is 1. The highest BCUT2D eigenvalue weighted by Crippen LogP contribution is 2.33. The highest BCUT2D eigenvalue weighted by Gasteiger charge is 2.35. The van der Waals surface area contributed by atoms with E-state index < -0.39 is 0 Å². The van der Waals surface area contributed by atoms with Gasteiger partial charge in [0, 0.05) is 49.9 Å². The van der Waals surface area contributed by atoms with Gasteiger partial charge in [-0.25, -0.2) is 0 Å². The fraction of sp³-hybridized carbons (Fsp3) is 0.391. The van der Waals surface area contributed by atoms with E-state index in [0.717, 1.165) is 29.3 Å². The summed E-state index contributed by atoms with van der Waals surface area (Å²) in [7, 11) is 1.59. The lowest BCUT2D eigenvalue weighted by Crippen LogP contribution is -2.51. The van der Waals surface area contributed by atoms with Crippen LogP contribution in [0.1, 0.15) is 30.1 Å². The van der Waals surface area contributed by atoms with Crippen LogP contribution in [-0.2, 0) is 4.79 Å². The van der Waals surface area contributed by atoms with Crippen molar-refractivity contribution >= 4 is 34.6 Å². The second-order valence-corrected chi connectivity index (χ2v) is 7.96. The number of fused-ring (bicyclic) bond motifs is 1. The molecule has 4 rings (SSSR count). The maximum atomic E-state index is 13.4. The predicted molar refractivity (Wildman–Crippen MR) is 120 cm³/mol. The van der Waals surface area contributed by atoms with E-state index in [0.29, 0.717) is 43.2 Å². The summed E-state index contributed by atoms with van der Waals surface area (Å²) in [5.41, 5.74) is 8.03. The minimum absolute atomic E-state index is 0.141. The van der Waals surface area contributed by atoms with Gasteiger partial charge in [-0.05, 0) is 49.7 Å². The van der Waals surface area contributed by atoms with Gasteiger partial charge < -0.3 is 20.3 Å². The summed E-state index contributed by atoms with van der Waals surface area (Å²) in [4.78, 5) is 38.4. The number of aromatic nitrogens is 1. The maximum absolute atomic E-state index is 13.4. The van der Waals surface area contributed by atoms with Crippen molar-refractivity contribution in [1.29, 1.82) is 0 Å². The van der Waals surface area contributed by atoms with Crippen molar-refractivity contribution in [2.24, 2.45) is 16.6 Å². The van der Waals surface area contributed by atoms with Crippen molar-refractivity contribution in [3.8, 4) is 5.75 Å². The Hall–Kier alpha value is -3.42. The fourth-order valence-electron chi connectivity index (χ4n) is 3.68. The normalized spacial score (nSPS) is 17.4. The first-order valence-electron chi connectivity index (χ1n) is 10.5. The van der Waals surface area contributed by atoms with Crippen LogP contribution in [0.5, 0.6) is 5.75 Å². The van der Waals surface area contributed by atoms with Gasteiger partial charge in [-0.2, -0.15) is 0 Å². The van der Waals surface area contributed by atoms with Gasteiger partial charge in [-0.15, -0.1) is 0 Å². The number of piperazine rings is 1. The first kappa shape index (κ1) is 20.8. The minimum Gasteiger partial charge on any atom is -0.497 e. The Labute approximate surface area is 181 Å². The summed E-state index contributed by atoms with van der Waals surface area (Å²) in [6, 6.07) is 5.50. The average Bonchev–Trinajstić information content (AvgIpc) is 3.66. The Morgan fingerprint density at radius 2 is 1.90 bits per heavy atom. The third-order valence-corrected chi connectivity index (χ3v) is 5.74. The molecule has 2 amide bonds. The smallest absolute Gasteiger partial charge is 0.257 e. The SMILES string of the molecule is COc1ccc2ncc(C(=O)N3CCN(C(=O)C4CC4)CC3)c(N=CC(C)=CN)c2c1. The van der Waals surface area contributed by atoms with Crippen LogP contribution in [0, 0.1) is 5.92 Å². The number of hydrogen-bond acceptors (Lipinski definition) is 6. The molecule has 1 aliphatic heterocycles. The van der Waals surface area contributed by atoms with Crippen molar-refractivity contribution in [3.63, 3.8) is 0 Å². The van der Waals surface area contributed by atoms with Crippen molar-refractivity contribution in [3.05, 3.63) is 41.7 Å². The number of rotatable bonds is 5. The molecule has 31 heavy (non-hydrogen) atoms. The van der Waals surface area contributed by atoms with Gasteiger partial charge in [-0.3, -0.25) is 19.6 Å². The van der Waals surface area contributed by atoms with Gasteiger partial charge >= 0.3 is 0 Å². The molecular formula is C23H27N5O3. The molecule has 0 unspecified atom stereocenters. The first-order chi connectivity index (χ1) is 15.0. The molecule has 0 atom stereocenters. The number of carbonyl (C=O) groups excluding carboxylic acids is 2.